The second-order valence-electron chi connectivity index (χ2n) is 11.3. The predicted octanol–water partition coefficient (Wildman–Crippen LogP) is 5.53. The number of carbonyl (C=O) groups is 2. The van der Waals surface area contributed by atoms with Gasteiger partial charge in [-0.3, -0.25) is 9.59 Å². The van der Waals surface area contributed by atoms with Crippen LogP contribution in [0, 0.1) is 5.92 Å². The zero-order chi connectivity index (χ0) is 30.9. The molecule has 0 spiro atoms. The summed E-state index contributed by atoms with van der Waals surface area (Å²) >= 11 is 13.0. The van der Waals surface area contributed by atoms with E-state index in [4.69, 9.17) is 38.4 Å². The van der Waals surface area contributed by atoms with Gasteiger partial charge < -0.3 is 30.5 Å². The maximum Gasteiger partial charge on any atom is 0.254 e. The fourth-order valence-electron chi connectivity index (χ4n) is 7.63. The standard InChI is InChI=1S/C33H37Cl2N3O5/c1-4-33(23-12-14-37-19-23)29(20-10-11-24(34)25(35)16-20)32(31(36)41,22-8-6-5-7-9-22)13-15-38(33)30(40)21-17-26(42-2)28(39)27(18-21)43-3/h5-11,16-18,23,29,37,39H,4,12-15,19H2,1-3H3,(H2,36,41). The number of nitrogens with two attached hydrogens (primary N) is 1. The number of likely N-dealkylation sites (tertiary alicyclic amines) is 1. The third kappa shape index (κ3) is 4.99. The summed E-state index contributed by atoms with van der Waals surface area (Å²) < 4.78 is 10.8. The number of amides is 2. The average Bonchev–Trinajstić information content (AvgIpc) is 3.57. The molecule has 0 aliphatic carbocycles. The Balaban J connectivity index is 1.81. The fraction of sp³-hybridized carbons (Fsp3) is 0.394. The molecular weight excluding hydrogens is 589 g/mol. The number of methoxy groups -OCH3 is 2. The number of carbonyl (C=O) groups excluding carboxylic acids is 2. The van der Waals surface area contributed by atoms with Crippen LogP contribution in [0.3, 0.4) is 0 Å². The highest BCUT2D eigenvalue weighted by Crippen LogP contribution is 2.59. The Morgan fingerprint density at radius 3 is 2.26 bits per heavy atom. The van der Waals surface area contributed by atoms with Crippen molar-refractivity contribution >= 4 is 35.0 Å². The third-order valence-corrected chi connectivity index (χ3v) is 10.3. The number of halogens is 2. The lowest BCUT2D eigenvalue weighted by atomic mass is 9.51. The molecular formula is C33H37Cl2N3O5. The summed E-state index contributed by atoms with van der Waals surface area (Å²) in [7, 11) is 2.84. The molecule has 2 aliphatic rings. The summed E-state index contributed by atoms with van der Waals surface area (Å²) in [6, 6.07) is 18.1. The van der Waals surface area contributed by atoms with Gasteiger partial charge in [0.1, 0.15) is 0 Å². The van der Waals surface area contributed by atoms with Gasteiger partial charge in [0.15, 0.2) is 11.5 Å². The predicted molar refractivity (Wildman–Crippen MR) is 167 cm³/mol. The summed E-state index contributed by atoms with van der Waals surface area (Å²) in [5.74, 6) is -1.25. The molecule has 2 heterocycles. The number of nitrogens with zero attached hydrogens (tertiary/aromatic N) is 1. The third-order valence-electron chi connectivity index (χ3n) is 9.54. The van der Waals surface area contributed by atoms with E-state index in [-0.39, 0.29) is 42.0 Å². The zero-order valence-corrected chi connectivity index (χ0v) is 26.0. The van der Waals surface area contributed by atoms with Gasteiger partial charge >= 0.3 is 0 Å². The van der Waals surface area contributed by atoms with E-state index >= 15 is 0 Å². The number of benzene rings is 3. The second kappa shape index (κ2) is 12.3. The molecule has 0 saturated carbocycles. The van der Waals surface area contributed by atoms with Crippen molar-refractivity contribution in [1.29, 1.82) is 0 Å². The molecule has 4 unspecified atom stereocenters. The lowest BCUT2D eigenvalue weighted by Gasteiger charge is -2.61. The maximum absolute atomic E-state index is 14.7. The number of primary amides is 1. The molecule has 8 nitrogen and oxygen atoms in total. The molecule has 228 valence electrons. The molecule has 43 heavy (non-hydrogen) atoms. The van der Waals surface area contributed by atoms with Crippen molar-refractivity contribution in [2.75, 3.05) is 33.9 Å². The first-order chi connectivity index (χ1) is 20.6. The van der Waals surface area contributed by atoms with Crippen LogP contribution in [0.2, 0.25) is 10.0 Å². The Morgan fingerprint density at radius 2 is 1.72 bits per heavy atom. The van der Waals surface area contributed by atoms with Gasteiger partial charge in [-0.1, -0.05) is 66.5 Å². The smallest absolute Gasteiger partial charge is 0.254 e. The van der Waals surface area contributed by atoms with Gasteiger partial charge in [0.05, 0.1) is 35.2 Å². The first-order valence-corrected chi connectivity index (χ1v) is 15.2. The van der Waals surface area contributed by atoms with Crippen molar-refractivity contribution in [3.05, 3.63) is 87.4 Å². The highest BCUT2D eigenvalue weighted by molar-refractivity contribution is 6.42. The van der Waals surface area contributed by atoms with Crippen LogP contribution in [0.1, 0.15) is 53.6 Å². The van der Waals surface area contributed by atoms with Gasteiger partial charge in [0, 0.05) is 24.6 Å². The van der Waals surface area contributed by atoms with E-state index < -0.39 is 22.8 Å². The van der Waals surface area contributed by atoms with E-state index in [1.807, 2.05) is 47.4 Å². The minimum Gasteiger partial charge on any atom is -0.502 e. The number of aromatic hydroxyl groups is 1. The topological polar surface area (TPSA) is 114 Å². The van der Waals surface area contributed by atoms with E-state index in [0.29, 0.717) is 28.6 Å². The number of rotatable bonds is 8. The van der Waals surface area contributed by atoms with Crippen LogP contribution in [0.4, 0.5) is 0 Å². The van der Waals surface area contributed by atoms with Crippen molar-refractivity contribution < 1.29 is 24.2 Å². The zero-order valence-electron chi connectivity index (χ0n) is 24.5. The van der Waals surface area contributed by atoms with Crippen LogP contribution >= 0.6 is 23.2 Å². The average molecular weight is 627 g/mol. The van der Waals surface area contributed by atoms with Crippen molar-refractivity contribution in [1.82, 2.24) is 10.2 Å². The van der Waals surface area contributed by atoms with Crippen molar-refractivity contribution in [2.24, 2.45) is 11.7 Å². The van der Waals surface area contributed by atoms with Crippen LogP contribution in [0.5, 0.6) is 17.2 Å². The van der Waals surface area contributed by atoms with Crippen LogP contribution in [0.15, 0.2) is 60.7 Å². The van der Waals surface area contributed by atoms with Gasteiger partial charge in [-0.05, 0) is 67.1 Å². The molecule has 0 aromatic heterocycles. The molecule has 3 aromatic rings. The molecule has 4 N–H and O–H groups in total. The molecule has 2 saturated heterocycles. The Labute approximate surface area is 262 Å². The van der Waals surface area contributed by atoms with Gasteiger partial charge in [-0.25, -0.2) is 0 Å². The molecule has 0 bridgehead atoms. The number of hydrogen-bond acceptors (Lipinski definition) is 6. The van der Waals surface area contributed by atoms with Gasteiger partial charge in [0.2, 0.25) is 11.7 Å². The highest BCUT2D eigenvalue weighted by atomic mass is 35.5. The SMILES string of the molecule is CCC1(C2CCNC2)C(c2ccc(Cl)c(Cl)c2)C(C(N)=O)(c2ccccc2)CCN1C(=O)c1cc(OC)c(O)c(OC)c1. The number of phenolic OH excluding ortho intramolecular Hbond substituents is 1. The minimum absolute atomic E-state index is 0.0236. The first kappa shape index (κ1) is 31.0. The Hall–Kier alpha value is -3.46. The van der Waals surface area contributed by atoms with Gasteiger partial charge in [0.25, 0.3) is 5.91 Å². The summed E-state index contributed by atoms with van der Waals surface area (Å²) in [6.07, 6.45) is 1.61. The van der Waals surface area contributed by atoms with E-state index in [1.165, 1.54) is 26.4 Å². The van der Waals surface area contributed by atoms with Crippen LogP contribution in [0.25, 0.3) is 0 Å². The van der Waals surface area contributed by atoms with E-state index in [1.54, 1.807) is 6.07 Å². The van der Waals surface area contributed by atoms with E-state index in [0.717, 1.165) is 24.1 Å². The molecule has 2 fully saturated rings. The number of ether oxygens (including phenoxy) is 2. The monoisotopic (exact) mass is 625 g/mol. The molecule has 5 rings (SSSR count). The summed E-state index contributed by atoms with van der Waals surface area (Å²) in [5, 5.41) is 14.8. The number of phenols is 1. The van der Waals surface area contributed by atoms with E-state index in [2.05, 4.69) is 12.2 Å². The molecule has 2 aliphatic heterocycles. The molecule has 3 aromatic carbocycles. The summed E-state index contributed by atoms with van der Waals surface area (Å²) in [6.45, 7) is 3.76. The quantitative estimate of drug-likeness (QED) is 0.303. The molecule has 2 amide bonds. The highest BCUT2D eigenvalue weighted by Gasteiger charge is 2.64. The lowest BCUT2D eigenvalue weighted by Crippen LogP contribution is -2.70. The van der Waals surface area contributed by atoms with Gasteiger partial charge in [-0.15, -0.1) is 0 Å². The first-order valence-electron chi connectivity index (χ1n) is 14.4. The summed E-state index contributed by atoms with van der Waals surface area (Å²) in [5.41, 5.74) is 6.30. The van der Waals surface area contributed by atoms with Crippen LogP contribution < -0.4 is 20.5 Å². The Bertz CT molecular complexity index is 1490. The van der Waals surface area contributed by atoms with E-state index in [9.17, 15) is 14.7 Å². The maximum atomic E-state index is 14.7. The van der Waals surface area contributed by atoms with Crippen LogP contribution in [-0.2, 0) is 10.2 Å². The molecule has 10 heteroatoms. The fourth-order valence-corrected chi connectivity index (χ4v) is 7.93. The van der Waals surface area contributed by atoms with Crippen molar-refractivity contribution in [3.8, 4) is 17.2 Å². The lowest BCUT2D eigenvalue weighted by molar-refractivity contribution is -0.131. The number of piperidine rings is 1. The van der Waals surface area contributed by atoms with Crippen molar-refractivity contribution in [2.45, 2.75) is 43.1 Å². The largest absolute Gasteiger partial charge is 0.502 e. The second-order valence-corrected chi connectivity index (χ2v) is 12.1. The normalized spacial score (nSPS) is 25.4. The summed E-state index contributed by atoms with van der Waals surface area (Å²) in [4.78, 5) is 30.6. The minimum atomic E-state index is -1.15. The Kier molecular flexibility index (Phi) is 8.84. The van der Waals surface area contributed by atoms with Crippen molar-refractivity contribution in [3.63, 3.8) is 0 Å². The van der Waals surface area contributed by atoms with Gasteiger partial charge in [-0.2, -0.15) is 0 Å². The number of hydrogen-bond donors (Lipinski definition) is 3. The molecule has 4 atom stereocenters. The van der Waals surface area contributed by atoms with Crippen LogP contribution in [-0.4, -0.2) is 61.2 Å². The molecule has 0 radical (unpaired) electrons. The number of nitrogens with one attached hydrogen (secondary N) is 1. The Morgan fingerprint density at radius 1 is 1.05 bits per heavy atom.